The van der Waals surface area contributed by atoms with Crippen molar-refractivity contribution in [1.29, 1.82) is 0 Å². The molecule has 2 aromatic heterocycles. The number of allylic oxidation sites excluding steroid dienone is 4. The van der Waals surface area contributed by atoms with E-state index < -0.39 is 6.36 Å². The predicted octanol–water partition coefficient (Wildman–Crippen LogP) is 4.66. The Hall–Kier alpha value is -3.14. The highest BCUT2D eigenvalue weighted by Gasteiger charge is 2.32. The highest BCUT2D eigenvalue weighted by Crippen LogP contribution is 2.30. The normalized spacial score (nSPS) is 16.6. The molecule has 0 spiro atoms. The van der Waals surface area contributed by atoms with Gasteiger partial charge in [0, 0.05) is 53.7 Å². The molecule has 3 rings (SSSR count). The summed E-state index contributed by atoms with van der Waals surface area (Å²) in [6.07, 6.45) is 3.86. The van der Waals surface area contributed by atoms with Crippen molar-refractivity contribution in [2.75, 3.05) is 6.54 Å². The molecule has 1 N–H and O–H groups in total. The molecular formula is C22H23F3N4O2S. The highest BCUT2D eigenvalue weighted by atomic mass is 32.1. The Balaban J connectivity index is 1.84. The number of alkyl halides is 3. The van der Waals surface area contributed by atoms with Crippen molar-refractivity contribution in [2.45, 2.75) is 38.6 Å². The number of thiazole rings is 1. The van der Waals surface area contributed by atoms with Crippen molar-refractivity contribution in [3.05, 3.63) is 82.2 Å². The minimum Gasteiger partial charge on any atom is -0.406 e. The quantitative estimate of drug-likeness (QED) is 0.577. The van der Waals surface area contributed by atoms with Gasteiger partial charge in [-0.3, -0.25) is 9.78 Å². The van der Waals surface area contributed by atoms with Gasteiger partial charge in [-0.25, -0.2) is 0 Å². The number of nitrogens with one attached hydrogen (secondary N) is 1. The van der Waals surface area contributed by atoms with Crippen LogP contribution < -0.4 is 10.1 Å². The summed E-state index contributed by atoms with van der Waals surface area (Å²) in [6.45, 7) is 6.96. The Morgan fingerprint density at radius 1 is 1.41 bits per heavy atom. The van der Waals surface area contributed by atoms with Gasteiger partial charge in [0.1, 0.15) is 5.76 Å². The zero-order chi connectivity index (χ0) is 23.1. The van der Waals surface area contributed by atoms with E-state index in [2.05, 4.69) is 26.6 Å². The maximum atomic E-state index is 12.6. The second-order valence-corrected chi connectivity index (χ2v) is 8.00. The number of hydrogen-bond acceptors (Lipinski definition) is 5. The van der Waals surface area contributed by atoms with E-state index >= 15 is 0 Å². The Morgan fingerprint density at radius 3 is 2.78 bits per heavy atom. The van der Waals surface area contributed by atoms with Crippen molar-refractivity contribution >= 4 is 17.2 Å². The van der Waals surface area contributed by atoms with Crippen LogP contribution in [0.2, 0.25) is 0 Å². The van der Waals surface area contributed by atoms with Gasteiger partial charge in [0.2, 0.25) is 0 Å². The second kappa shape index (κ2) is 10.4. The van der Waals surface area contributed by atoms with Crippen molar-refractivity contribution in [3.8, 4) is 0 Å². The molecule has 32 heavy (non-hydrogen) atoms. The van der Waals surface area contributed by atoms with Crippen LogP contribution in [0, 0.1) is 0 Å². The molecule has 0 aliphatic heterocycles. The number of carbonyl (C=O) groups is 1. The third-order valence-electron chi connectivity index (χ3n) is 4.62. The molecule has 0 aromatic carbocycles. The molecule has 2 heterocycles. The van der Waals surface area contributed by atoms with E-state index in [9.17, 15) is 18.0 Å². The zero-order valence-corrected chi connectivity index (χ0v) is 18.2. The van der Waals surface area contributed by atoms with Crippen LogP contribution in [0.1, 0.15) is 41.7 Å². The molecule has 0 fully saturated rings. The molecule has 6 nitrogen and oxygen atoms in total. The Labute approximate surface area is 187 Å². The molecular weight excluding hydrogens is 441 g/mol. The van der Waals surface area contributed by atoms with E-state index in [1.54, 1.807) is 18.2 Å². The number of ether oxygens (including phenoxy) is 1. The second-order valence-electron chi connectivity index (χ2n) is 7.16. The van der Waals surface area contributed by atoms with Crippen LogP contribution in [0.15, 0.2) is 71.2 Å². The lowest BCUT2D eigenvalue weighted by atomic mass is 9.97. The van der Waals surface area contributed by atoms with Gasteiger partial charge in [0.25, 0.3) is 5.91 Å². The van der Waals surface area contributed by atoms with E-state index in [0.717, 1.165) is 17.8 Å². The summed E-state index contributed by atoms with van der Waals surface area (Å²) in [5.74, 6) is -0.755. The van der Waals surface area contributed by atoms with Crippen molar-refractivity contribution in [1.82, 2.24) is 14.9 Å². The fourth-order valence-corrected chi connectivity index (χ4v) is 4.15. The fraction of sp³-hybridized carbons (Fsp3) is 0.318. The smallest absolute Gasteiger partial charge is 0.406 e. The monoisotopic (exact) mass is 464 g/mol. The first-order valence-electron chi connectivity index (χ1n) is 9.94. The number of rotatable bonds is 8. The lowest BCUT2D eigenvalue weighted by Gasteiger charge is -2.19. The molecule has 1 amide bonds. The largest absolute Gasteiger partial charge is 0.573 e. The van der Waals surface area contributed by atoms with Crippen LogP contribution in [0.3, 0.4) is 0 Å². The number of nitrogens with zero attached hydrogens (tertiary/aromatic N) is 3. The van der Waals surface area contributed by atoms with Gasteiger partial charge in [-0.2, -0.15) is 4.99 Å². The third-order valence-corrected chi connectivity index (χ3v) is 5.50. The molecule has 10 heteroatoms. The summed E-state index contributed by atoms with van der Waals surface area (Å²) >= 11 is 1.32. The van der Waals surface area contributed by atoms with Crippen LogP contribution >= 0.6 is 11.3 Å². The lowest BCUT2D eigenvalue weighted by Crippen LogP contribution is -2.23. The van der Waals surface area contributed by atoms with Crippen molar-refractivity contribution < 1.29 is 22.7 Å². The molecule has 1 aliphatic rings. The summed E-state index contributed by atoms with van der Waals surface area (Å²) < 4.78 is 43.3. The van der Waals surface area contributed by atoms with E-state index in [0.29, 0.717) is 29.9 Å². The third kappa shape index (κ3) is 6.68. The molecule has 1 aliphatic carbocycles. The number of halogens is 3. The van der Waals surface area contributed by atoms with Gasteiger partial charge in [-0.1, -0.05) is 12.7 Å². The summed E-state index contributed by atoms with van der Waals surface area (Å²) in [5.41, 5.74) is 2.17. The Morgan fingerprint density at radius 2 is 2.16 bits per heavy atom. The van der Waals surface area contributed by atoms with Crippen LogP contribution in [0.25, 0.3) is 0 Å². The van der Waals surface area contributed by atoms with Crippen LogP contribution in [0.4, 0.5) is 13.2 Å². The minimum atomic E-state index is -4.72. The van der Waals surface area contributed by atoms with E-state index in [4.69, 9.17) is 0 Å². The standard InChI is InChI=1S/C22H23F3N4O2S/c1-15(2)27-10-3-13-29-19(16-4-6-18(7-5-16)31-22(23,24)25)14-32-21(29)28-20(30)17-8-11-26-12-9-17/h4,6-9,11-12,14,16,27H,1,3,5,10,13H2,2H3/b28-21-. The van der Waals surface area contributed by atoms with Gasteiger partial charge in [0.15, 0.2) is 4.80 Å². The van der Waals surface area contributed by atoms with Crippen molar-refractivity contribution in [2.24, 2.45) is 4.99 Å². The fourth-order valence-electron chi connectivity index (χ4n) is 3.16. The first kappa shape index (κ1) is 23.5. The molecule has 1 unspecified atom stereocenters. The number of hydrogen-bond donors (Lipinski definition) is 1. The Kier molecular flexibility index (Phi) is 7.68. The highest BCUT2D eigenvalue weighted by molar-refractivity contribution is 7.07. The molecule has 2 aromatic rings. The lowest BCUT2D eigenvalue weighted by molar-refractivity contribution is -0.303. The molecule has 170 valence electrons. The summed E-state index contributed by atoms with van der Waals surface area (Å²) in [6, 6.07) is 3.19. The topological polar surface area (TPSA) is 68.5 Å². The number of amides is 1. The van der Waals surface area contributed by atoms with Crippen molar-refractivity contribution in [3.63, 3.8) is 0 Å². The van der Waals surface area contributed by atoms with Crippen LogP contribution in [-0.4, -0.2) is 28.4 Å². The summed E-state index contributed by atoms with van der Waals surface area (Å²) in [5, 5.41) is 5.06. The van der Waals surface area contributed by atoms with Gasteiger partial charge >= 0.3 is 6.36 Å². The van der Waals surface area contributed by atoms with Gasteiger partial charge < -0.3 is 14.6 Å². The van der Waals surface area contributed by atoms with Gasteiger partial charge in [0.05, 0.1) is 0 Å². The molecule has 0 saturated carbocycles. The number of carbonyl (C=O) groups excluding carboxylic acids is 1. The molecule has 1 atom stereocenters. The molecule has 0 radical (unpaired) electrons. The van der Waals surface area contributed by atoms with Crippen LogP contribution in [-0.2, 0) is 11.3 Å². The first-order valence-corrected chi connectivity index (χ1v) is 10.8. The number of aromatic nitrogens is 2. The summed E-state index contributed by atoms with van der Waals surface area (Å²) in [7, 11) is 0. The van der Waals surface area contributed by atoms with Gasteiger partial charge in [-0.05, 0) is 44.1 Å². The van der Waals surface area contributed by atoms with E-state index in [1.807, 2.05) is 16.9 Å². The zero-order valence-electron chi connectivity index (χ0n) is 17.4. The maximum Gasteiger partial charge on any atom is 0.573 e. The number of pyridine rings is 1. The molecule has 0 saturated heterocycles. The molecule has 0 bridgehead atoms. The van der Waals surface area contributed by atoms with Gasteiger partial charge in [-0.15, -0.1) is 24.5 Å². The average Bonchev–Trinajstić information content (AvgIpc) is 3.13. The first-order chi connectivity index (χ1) is 15.2. The minimum absolute atomic E-state index is 0.152. The van der Waals surface area contributed by atoms with E-state index in [-0.39, 0.29) is 17.6 Å². The average molecular weight is 465 g/mol. The van der Waals surface area contributed by atoms with E-state index in [1.165, 1.54) is 35.9 Å². The summed E-state index contributed by atoms with van der Waals surface area (Å²) in [4.78, 5) is 21.3. The Bertz CT molecular complexity index is 1080. The SMILES string of the molecule is C=C(C)NCCCn1c(C2C=CC(OC(F)(F)F)=CC2)cs/c1=N\C(=O)c1ccncc1. The predicted molar refractivity (Wildman–Crippen MR) is 116 cm³/mol. The maximum absolute atomic E-state index is 12.6. The van der Waals surface area contributed by atoms with Crippen LogP contribution in [0.5, 0.6) is 0 Å².